The Bertz CT molecular complexity index is 695. The SMILES string of the molecule is Nc1cccc2c1CCCN2C(=O)CCC(=O)c1cccs1. The summed E-state index contributed by atoms with van der Waals surface area (Å²) in [6.07, 6.45) is 2.31. The second-order valence-electron chi connectivity index (χ2n) is 5.39. The van der Waals surface area contributed by atoms with E-state index in [1.54, 1.807) is 11.0 Å². The summed E-state index contributed by atoms with van der Waals surface area (Å²) in [4.78, 5) is 27.0. The van der Waals surface area contributed by atoms with E-state index in [-0.39, 0.29) is 24.5 Å². The summed E-state index contributed by atoms with van der Waals surface area (Å²) in [6, 6.07) is 9.32. The molecule has 0 fully saturated rings. The van der Waals surface area contributed by atoms with Gasteiger partial charge in [0, 0.05) is 30.8 Å². The van der Waals surface area contributed by atoms with E-state index in [0.29, 0.717) is 6.54 Å². The van der Waals surface area contributed by atoms with Gasteiger partial charge in [-0.15, -0.1) is 11.3 Å². The zero-order chi connectivity index (χ0) is 15.5. The number of rotatable bonds is 4. The van der Waals surface area contributed by atoms with E-state index >= 15 is 0 Å². The number of Topliss-reactive ketones (excluding diaryl/α,β-unsaturated/α-hetero) is 1. The minimum Gasteiger partial charge on any atom is -0.398 e. The van der Waals surface area contributed by atoms with Crippen molar-refractivity contribution in [2.75, 3.05) is 17.2 Å². The van der Waals surface area contributed by atoms with E-state index in [1.165, 1.54) is 11.3 Å². The number of anilines is 2. The number of hydrogen-bond acceptors (Lipinski definition) is 4. The summed E-state index contributed by atoms with van der Waals surface area (Å²) in [5.74, 6) is 0.0321. The molecule has 0 unspecified atom stereocenters. The quantitative estimate of drug-likeness (QED) is 0.696. The van der Waals surface area contributed by atoms with Crippen molar-refractivity contribution < 1.29 is 9.59 Å². The molecule has 0 aliphatic carbocycles. The smallest absolute Gasteiger partial charge is 0.227 e. The molecule has 4 nitrogen and oxygen atoms in total. The Morgan fingerprint density at radius 1 is 1.18 bits per heavy atom. The average molecular weight is 314 g/mol. The molecular weight excluding hydrogens is 296 g/mol. The molecule has 5 heteroatoms. The van der Waals surface area contributed by atoms with Crippen LogP contribution in [0, 0.1) is 0 Å². The van der Waals surface area contributed by atoms with Gasteiger partial charge in [0.2, 0.25) is 5.91 Å². The molecule has 0 saturated heterocycles. The molecule has 1 amide bonds. The molecule has 0 spiro atoms. The number of ketones is 1. The zero-order valence-corrected chi connectivity index (χ0v) is 13.1. The lowest BCUT2D eigenvalue weighted by atomic mass is 9.99. The fraction of sp³-hybridized carbons (Fsp3) is 0.294. The number of nitrogens with two attached hydrogens (primary N) is 1. The average Bonchev–Trinajstić information content (AvgIpc) is 3.07. The van der Waals surface area contributed by atoms with Gasteiger partial charge in [0.1, 0.15) is 0 Å². The van der Waals surface area contributed by atoms with Crippen LogP contribution in [0.5, 0.6) is 0 Å². The molecule has 2 aromatic rings. The maximum absolute atomic E-state index is 12.5. The lowest BCUT2D eigenvalue weighted by Crippen LogP contribution is -2.35. The van der Waals surface area contributed by atoms with Crippen LogP contribution < -0.4 is 10.6 Å². The van der Waals surface area contributed by atoms with E-state index in [1.807, 2.05) is 29.6 Å². The Labute approximate surface area is 133 Å². The van der Waals surface area contributed by atoms with Crippen LogP contribution in [0.25, 0.3) is 0 Å². The highest BCUT2D eigenvalue weighted by Gasteiger charge is 2.24. The van der Waals surface area contributed by atoms with Crippen molar-refractivity contribution in [2.45, 2.75) is 25.7 Å². The fourth-order valence-electron chi connectivity index (χ4n) is 2.83. The van der Waals surface area contributed by atoms with Crippen LogP contribution in [0.3, 0.4) is 0 Å². The summed E-state index contributed by atoms with van der Waals surface area (Å²) in [7, 11) is 0. The van der Waals surface area contributed by atoms with Crippen LogP contribution in [0.15, 0.2) is 35.7 Å². The van der Waals surface area contributed by atoms with Gasteiger partial charge in [0.15, 0.2) is 5.78 Å². The molecule has 114 valence electrons. The number of thiophene rings is 1. The van der Waals surface area contributed by atoms with Gasteiger partial charge in [-0.25, -0.2) is 0 Å². The van der Waals surface area contributed by atoms with Crippen molar-refractivity contribution >= 4 is 34.4 Å². The van der Waals surface area contributed by atoms with Crippen molar-refractivity contribution in [1.82, 2.24) is 0 Å². The Morgan fingerprint density at radius 3 is 2.82 bits per heavy atom. The molecule has 1 aromatic carbocycles. The van der Waals surface area contributed by atoms with Crippen molar-refractivity contribution in [2.24, 2.45) is 0 Å². The van der Waals surface area contributed by atoms with Gasteiger partial charge in [-0.3, -0.25) is 9.59 Å². The van der Waals surface area contributed by atoms with Crippen LogP contribution in [0.1, 0.15) is 34.5 Å². The van der Waals surface area contributed by atoms with Crippen LogP contribution in [0.2, 0.25) is 0 Å². The van der Waals surface area contributed by atoms with E-state index in [4.69, 9.17) is 5.73 Å². The number of nitrogen functional groups attached to an aromatic ring is 1. The van der Waals surface area contributed by atoms with E-state index in [9.17, 15) is 9.59 Å². The molecule has 0 saturated carbocycles. The lowest BCUT2D eigenvalue weighted by Gasteiger charge is -2.30. The van der Waals surface area contributed by atoms with E-state index in [2.05, 4.69) is 0 Å². The molecule has 1 aliphatic heterocycles. The minimum absolute atomic E-state index is 0.00328. The second-order valence-corrected chi connectivity index (χ2v) is 6.34. The standard InChI is InChI=1S/C17H18N2O2S/c18-13-5-1-6-14-12(13)4-2-10-19(14)17(21)9-8-15(20)16-7-3-11-22-16/h1,3,5-7,11H,2,4,8-10,18H2. The zero-order valence-electron chi connectivity index (χ0n) is 12.2. The number of hydrogen-bond donors (Lipinski definition) is 1. The first-order valence-corrected chi connectivity index (χ1v) is 8.29. The Morgan fingerprint density at radius 2 is 2.05 bits per heavy atom. The third-order valence-electron chi connectivity index (χ3n) is 3.95. The van der Waals surface area contributed by atoms with Gasteiger partial charge in [0.05, 0.1) is 4.88 Å². The molecule has 2 N–H and O–H groups in total. The molecule has 0 radical (unpaired) electrons. The highest BCUT2D eigenvalue weighted by atomic mass is 32.1. The Hall–Kier alpha value is -2.14. The Balaban J connectivity index is 1.69. The number of carbonyl (C=O) groups is 2. The van der Waals surface area contributed by atoms with Gasteiger partial charge in [-0.2, -0.15) is 0 Å². The van der Waals surface area contributed by atoms with Crippen molar-refractivity contribution in [3.05, 3.63) is 46.2 Å². The summed E-state index contributed by atoms with van der Waals surface area (Å²) < 4.78 is 0. The first-order chi connectivity index (χ1) is 10.7. The molecule has 0 atom stereocenters. The van der Waals surface area contributed by atoms with Gasteiger partial charge in [-0.1, -0.05) is 12.1 Å². The molecule has 3 rings (SSSR count). The summed E-state index contributed by atoms with van der Waals surface area (Å²) in [5.41, 5.74) is 8.69. The predicted molar refractivity (Wildman–Crippen MR) is 89.4 cm³/mol. The molecular formula is C17H18N2O2S. The molecule has 22 heavy (non-hydrogen) atoms. The van der Waals surface area contributed by atoms with Gasteiger partial charge < -0.3 is 10.6 Å². The third kappa shape index (κ3) is 2.90. The van der Waals surface area contributed by atoms with Crippen molar-refractivity contribution in [3.63, 3.8) is 0 Å². The normalized spacial score (nSPS) is 13.7. The van der Waals surface area contributed by atoms with Gasteiger partial charge >= 0.3 is 0 Å². The highest BCUT2D eigenvalue weighted by molar-refractivity contribution is 7.12. The highest BCUT2D eigenvalue weighted by Crippen LogP contribution is 2.31. The minimum atomic E-state index is -0.00328. The number of benzene rings is 1. The molecule has 2 heterocycles. The van der Waals surface area contributed by atoms with E-state index < -0.39 is 0 Å². The topological polar surface area (TPSA) is 63.4 Å². The number of nitrogens with zero attached hydrogens (tertiary/aromatic N) is 1. The summed E-state index contributed by atoms with van der Waals surface area (Å²) >= 11 is 1.42. The monoisotopic (exact) mass is 314 g/mol. The Kier molecular flexibility index (Phi) is 4.24. The summed E-state index contributed by atoms with van der Waals surface area (Å²) in [5, 5.41) is 1.87. The maximum Gasteiger partial charge on any atom is 0.227 e. The lowest BCUT2D eigenvalue weighted by molar-refractivity contribution is -0.118. The first kappa shape index (κ1) is 14.8. The van der Waals surface area contributed by atoms with Crippen molar-refractivity contribution in [1.29, 1.82) is 0 Å². The van der Waals surface area contributed by atoms with Crippen LogP contribution in [-0.4, -0.2) is 18.2 Å². The van der Waals surface area contributed by atoms with Crippen LogP contribution in [0.4, 0.5) is 11.4 Å². The summed E-state index contributed by atoms with van der Waals surface area (Å²) in [6.45, 7) is 0.697. The third-order valence-corrected chi connectivity index (χ3v) is 4.86. The predicted octanol–water partition coefficient (Wildman–Crippen LogP) is 3.27. The first-order valence-electron chi connectivity index (χ1n) is 7.41. The largest absolute Gasteiger partial charge is 0.398 e. The number of amides is 1. The van der Waals surface area contributed by atoms with Crippen LogP contribution in [-0.2, 0) is 11.2 Å². The van der Waals surface area contributed by atoms with Gasteiger partial charge in [-0.05, 0) is 42.0 Å². The van der Waals surface area contributed by atoms with Gasteiger partial charge in [0.25, 0.3) is 0 Å². The second kappa shape index (κ2) is 6.32. The van der Waals surface area contributed by atoms with E-state index in [0.717, 1.165) is 34.7 Å². The van der Waals surface area contributed by atoms with Crippen molar-refractivity contribution in [3.8, 4) is 0 Å². The number of carbonyl (C=O) groups excluding carboxylic acids is 2. The van der Waals surface area contributed by atoms with Crippen LogP contribution >= 0.6 is 11.3 Å². The number of fused-ring (bicyclic) bond motifs is 1. The molecule has 0 bridgehead atoms. The molecule has 1 aromatic heterocycles. The fourth-order valence-corrected chi connectivity index (χ4v) is 3.52. The molecule has 1 aliphatic rings. The maximum atomic E-state index is 12.5.